The number of halogens is 2. The predicted octanol–water partition coefficient (Wildman–Crippen LogP) is 3.16. The van der Waals surface area contributed by atoms with Gasteiger partial charge in [0.2, 0.25) is 5.92 Å². The van der Waals surface area contributed by atoms with Gasteiger partial charge in [-0.3, -0.25) is 9.59 Å². The second kappa shape index (κ2) is 7.77. The SMILES string of the molecule is Cc1[nH]c(=O)c(C#N)c(C)c1CCC(=O)OC[C@H]1CCCC(F)(F)C1. The summed E-state index contributed by atoms with van der Waals surface area (Å²) in [5, 5.41) is 9.04. The molecule has 0 spiro atoms. The summed E-state index contributed by atoms with van der Waals surface area (Å²) in [6.45, 7) is 3.40. The number of pyridine rings is 1. The summed E-state index contributed by atoms with van der Waals surface area (Å²) in [5.41, 5.74) is 1.50. The molecule has 25 heavy (non-hydrogen) atoms. The van der Waals surface area contributed by atoms with E-state index in [-0.39, 0.29) is 37.4 Å². The Morgan fingerprint density at radius 3 is 2.80 bits per heavy atom. The molecule has 0 amide bonds. The maximum absolute atomic E-state index is 13.3. The fourth-order valence-corrected chi connectivity index (χ4v) is 3.35. The zero-order chi connectivity index (χ0) is 18.6. The van der Waals surface area contributed by atoms with Gasteiger partial charge in [0.15, 0.2) is 0 Å². The number of aromatic amines is 1. The third kappa shape index (κ3) is 4.88. The molecule has 0 unspecified atom stereocenters. The third-order valence-electron chi connectivity index (χ3n) is 4.72. The van der Waals surface area contributed by atoms with E-state index < -0.39 is 17.5 Å². The summed E-state index contributed by atoms with van der Waals surface area (Å²) in [5.74, 6) is -3.42. The first-order valence-electron chi connectivity index (χ1n) is 8.39. The molecule has 7 heteroatoms. The number of aromatic nitrogens is 1. The Morgan fingerprint density at radius 2 is 2.16 bits per heavy atom. The average molecular weight is 352 g/mol. The monoisotopic (exact) mass is 352 g/mol. The summed E-state index contributed by atoms with van der Waals surface area (Å²) in [6, 6.07) is 1.86. The Hall–Kier alpha value is -2.23. The number of aryl methyl sites for hydroxylation is 1. The number of esters is 1. The van der Waals surface area contributed by atoms with Crippen molar-refractivity contribution in [2.45, 2.75) is 58.3 Å². The molecule has 136 valence electrons. The first-order chi connectivity index (χ1) is 11.7. The topological polar surface area (TPSA) is 83.0 Å². The van der Waals surface area contributed by atoms with Crippen LogP contribution in [0.4, 0.5) is 8.78 Å². The molecule has 1 aromatic rings. The molecule has 5 nitrogen and oxygen atoms in total. The predicted molar refractivity (Wildman–Crippen MR) is 87.4 cm³/mol. The summed E-state index contributed by atoms with van der Waals surface area (Å²) in [7, 11) is 0. The highest BCUT2D eigenvalue weighted by Crippen LogP contribution is 2.36. The summed E-state index contributed by atoms with van der Waals surface area (Å²) in [6.07, 6.45) is 1.16. The molecule has 1 heterocycles. The molecular weight excluding hydrogens is 330 g/mol. The molecule has 1 aliphatic carbocycles. The van der Waals surface area contributed by atoms with E-state index in [0.717, 1.165) is 5.56 Å². The minimum absolute atomic E-state index is 0.0153. The van der Waals surface area contributed by atoms with Crippen LogP contribution >= 0.6 is 0 Å². The van der Waals surface area contributed by atoms with Gasteiger partial charge in [0, 0.05) is 25.0 Å². The van der Waals surface area contributed by atoms with E-state index in [1.807, 2.05) is 6.07 Å². The lowest BCUT2D eigenvalue weighted by Gasteiger charge is -2.28. The van der Waals surface area contributed by atoms with E-state index in [0.29, 0.717) is 30.5 Å². The molecule has 1 aromatic heterocycles. The number of hydrogen-bond acceptors (Lipinski definition) is 4. The number of ether oxygens (including phenoxy) is 1. The summed E-state index contributed by atoms with van der Waals surface area (Å²) in [4.78, 5) is 26.2. The molecule has 0 saturated heterocycles. The number of H-pyrrole nitrogens is 1. The Kier molecular flexibility index (Phi) is 5.93. The van der Waals surface area contributed by atoms with Gasteiger partial charge in [-0.05, 0) is 50.2 Å². The number of rotatable bonds is 5. The van der Waals surface area contributed by atoms with E-state index in [4.69, 9.17) is 10.00 Å². The highest BCUT2D eigenvalue weighted by molar-refractivity contribution is 5.70. The van der Waals surface area contributed by atoms with Crippen molar-refractivity contribution in [2.24, 2.45) is 5.92 Å². The molecule has 1 atom stereocenters. The van der Waals surface area contributed by atoms with E-state index >= 15 is 0 Å². The largest absolute Gasteiger partial charge is 0.465 e. The van der Waals surface area contributed by atoms with E-state index in [1.54, 1.807) is 13.8 Å². The van der Waals surface area contributed by atoms with Gasteiger partial charge in [0.05, 0.1) is 6.61 Å². The first kappa shape index (κ1) is 19.1. The van der Waals surface area contributed by atoms with Crippen LogP contribution in [0.2, 0.25) is 0 Å². The quantitative estimate of drug-likeness (QED) is 0.825. The number of nitriles is 1. The third-order valence-corrected chi connectivity index (χ3v) is 4.72. The standard InChI is InChI=1S/C18H22F2N2O3/c1-11-14(12(2)22-17(24)15(11)9-21)5-6-16(23)25-10-13-4-3-7-18(19,20)8-13/h13H,3-8,10H2,1-2H3,(H,22,24)/t13-/m0/s1. The molecular formula is C18H22F2N2O3. The van der Waals surface area contributed by atoms with Crippen LogP contribution in [0, 0.1) is 31.1 Å². The van der Waals surface area contributed by atoms with Crippen LogP contribution in [0.1, 0.15) is 54.5 Å². The van der Waals surface area contributed by atoms with Crippen molar-refractivity contribution in [1.82, 2.24) is 4.98 Å². The lowest BCUT2D eigenvalue weighted by molar-refractivity contribution is -0.147. The van der Waals surface area contributed by atoms with Gasteiger partial charge in [-0.25, -0.2) is 8.78 Å². The minimum Gasteiger partial charge on any atom is -0.465 e. The maximum Gasteiger partial charge on any atom is 0.306 e. The van der Waals surface area contributed by atoms with Crippen molar-refractivity contribution in [1.29, 1.82) is 5.26 Å². The molecule has 1 aliphatic rings. The van der Waals surface area contributed by atoms with Crippen LogP contribution in [0.15, 0.2) is 4.79 Å². The lowest BCUT2D eigenvalue weighted by Crippen LogP contribution is -2.29. The summed E-state index contributed by atoms with van der Waals surface area (Å²) < 4.78 is 31.8. The number of carbonyl (C=O) groups excluding carboxylic acids is 1. The zero-order valence-electron chi connectivity index (χ0n) is 14.5. The van der Waals surface area contributed by atoms with Crippen molar-refractivity contribution in [3.63, 3.8) is 0 Å². The number of hydrogen-bond donors (Lipinski definition) is 1. The second-order valence-electron chi connectivity index (χ2n) is 6.67. The van der Waals surface area contributed by atoms with E-state index in [2.05, 4.69) is 4.98 Å². The lowest BCUT2D eigenvalue weighted by atomic mass is 9.87. The zero-order valence-corrected chi connectivity index (χ0v) is 14.5. The number of carbonyl (C=O) groups is 1. The first-order valence-corrected chi connectivity index (χ1v) is 8.39. The normalized spacial score (nSPS) is 19.2. The number of nitrogens with zero attached hydrogens (tertiary/aromatic N) is 1. The second-order valence-corrected chi connectivity index (χ2v) is 6.67. The fraction of sp³-hybridized carbons (Fsp3) is 0.611. The van der Waals surface area contributed by atoms with Crippen LogP contribution in [0.25, 0.3) is 0 Å². The van der Waals surface area contributed by atoms with Gasteiger partial charge in [-0.1, -0.05) is 0 Å². The number of nitrogens with one attached hydrogen (secondary N) is 1. The Balaban J connectivity index is 1.91. The van der Waals surface area contributed by atoms with Gasteiger partial charge in [-0.15, -0.1) is 0 Å². The highest BCUT2D eigenvalue weighted by atomic mass is 19.3. The Morgan fingerprint density at radius 1 is 1.44 bits per heavy atom. The number of alkyl halides is 2. The van der Waals surface area contributed by atoms with Crippen LogP contribution in [-0.2, 0) is 16.0 Å². The molecule has 0 bridgehead atoms. The average Bonchev–Trinajstić information content (AvgIpc) is 2.52. The smallest absolute Gasteiger partial charge is 0.306 e. The van der Waals surface area contributed by atoms with Crippen LogP contribution in [0.3, 0.4) is 0 Å². The molecule has 1 N–H and O–H groups in total. The van der Waals surface area contributed by atoms with Crippen molar-refractivity contribution >= 4 is 5.97 Å². The molecule has 2 rings (SSSR count). The molecule has 1 fully saturated rings. The van der Waals surface area contributed by atoms with Crippen LogP contribution < -0.4 is 5.56 Å². The molecule has 0 aliphatic heterocycles. The fourth-order valence-electron chi connectivity index (χ4n) is 3.35. The van der Waals surface area contributed by atoms with E-state index in [9.17, 15) is 18.4 Å². The summed E-state index contributed by atoms with van der Waals surface area (Å²) >= 11 is 0. The molecule has 0 aromatic carbocycles. The van der Waals surface area contributed by atoms with Gasteiger partial charge in [0.25, 0.3) is 5.56 Å². The van der Waals surface area contributed by atoms with Crippen molar-refractivity contribution in [2.75, 3.05) is 6.61 Å². The Bertz CT molecular complexity index is 750. The Labute approximate surface area is 145 Å². The minimum atomic E-state index is -2.66. The highest BCUT2D eigenvalue weighted by Gasteiger charge is 2.36. The van der Waals surface area contributed by atoms with Crippen molar-refractivity contribution in [3.8, 4) is 6.07 Å². The molecule has 1 saturated carbocycles. The molecule has 0 radical (unpaired) electrons. The van der Waals surface area contributed by atoms with Gasteiger partial charge >= 0.3 is 5.97 Å². The van der Waals surface area contributed by atoms with Gasteiger partial charge < -0.3 is 9.72 Å². The van der Waals surface area contributed by atoms with Gasteiger partial charge in [0.1, 0.15) is 11.6 Å². The van der Waals surface area contributed by atoms with Crippen LogP contribution in [-0.4, -0.2) is 23.5 Å². The van der Waals surface area contributed by atoms with Crippen molar-refractivity contribution < 1.29 is 18.3 Å². The van der Waals surface area contributed by atoms with E-state index in [1.165, 1.54) is 0 Å². The van der Waals surface area contributed by atoms with Crippen LogP contribution in [0.5, 0.6) is 0 Å². The van der Waals surface area contributed by atoms with Gasteiger partial charge in [-0.2, -0.15) is 5.26 Å². The van der Waals surface area contributed by atoms with Crippen molar-refractivity contribution in [3.05, 3.63) is 32.7 Å². The maximum atomic E-state index is 13.3.